The Hall–Kier alpha value is -0.280. The van der Waals surface area contributed by atoms with Crippen molar-refractivity contribution in [2.75, 3.05) is 19.6 Å². The van der Waals surface area contributed by atoms with Crippen molar-refractivity contribution in [1.82, 2.24) is 10.2 Å². The van der Waals surface area contributed by atoms with E-state index in [0.717, 1.165) is 24.7 Å². The Kier molecular flexibility index (Phi) is 5.52. The van der Waals surface area contributed by atoms with Gasteiger partial charge in [0.15, 0.2) is 0 Å². The Morgan fingerprint density at radius 2 is 2.21 bits per heavy atom. The quantitative estimate of drug-likeness (QED) is 0.879. The first kappa shape index (κ1) is 15.1. The first-order valence-electron chi connectivity index (χ1n) is 7.04. The number of hydrogen-bond donors (Lipinski definition) is 1. The number of likely N-dealkylation sites (tertiary alicyclic amines) is 1. The van der Waals surface area contributed by atoms with Gasteiger partial charge in [-0.25, -0.2) is 0 Å². The van der Waals surface area contributed by atoms with Crippen molar-refractivity contribution in [3.8, 4) is 0 Å². The molecule has 1 fully saturated rings. The lowest BCUT2D eigenvalue weighted by Gasteiger charge is -2.25. The fourth-order valence-electron chi connectivity index (χ4n) is 2.69. The van der Waals surface area contributed by atoms with Gasteiger partial charge in [-0.1, -0.05) is 36.2 Å². The highest BCUT2D eigenvalue weighted by molar-refractivity contribution is 6.35. The Balaban J connectivity index is 1.98. The summed E-state index contributed by atoms with van der Waals surface area (Å²) < 4.78 is 0. The third kappa shape index (κ3) is 3.85. The SMILES string of the molecule is CCCNC1CCN(C(C)c2ccc(Cl)cc2Cl)C1. The van der Waals surface area contributed by atoms with Crippen LogP contribution in [0.15, 0.2) is 18.2 Å². The molecule has 106 valence electrons. The predicted octanol–water partition coefficient (Wildman–Crippen LogP) is 4.13. The maximum Gasteiger partial charge on any atom is 0.0468 e. The molecule has 1 aliphatic rings. The molecule has 1 aromatic rings. The highest BCUT2D eigenvalue weighted by Crippen LogP contribution is 2.31. The van der Waals surface area contributed by atoms with Crippen LogP contribution in [0, 0.1) is 0 Å². The van der Waals surface area contributed by atoms with Gasteiger partial charge in [0, 0.05) is 35.2 Å². The monoisotopic (exact) mass is 300 g/mol. The van der Waals surface area contributed by atoms with Crippen LogP contribution in [0.3, 0.4) is 0 Å². The fraction of sp³-hybridized carbons (Fsp3) is 0.600. The molecule has 1 N–H and O–H groups in total. The summed E-state index contributed by atoms with van der Waals surface area (Å²) in [5.74, 6) is 0. The van der Waals surface area contributed by atoms with Crippen molar-refractivity contribution < 1.29 is 0 Å². The van der Waals surface area contributed by atoms with E-state index in [1.807, 2.05) is 18.2 Å². The van der Waals surface area contributed by atoms with E-state index in [1.165, 1.54) is 18.4 Å². The van der Waals surface area contributed by atoms with Gasteiger partial charge in [0.05, 0.1) is 0 Å². The first-order valence-corrected chi connectivity index (χ1v) is 7.79. The number of nitrogens with zero attached hydrogens (tertiary/aromatic N) is 1. The summed E-state index contributed by atoms with van der Waals surface area (Å²) >= 11 is 12.2. The maximum absolute atomic E-state index is 6.30. The Bertz CT molecular complexity index is 423. The summed E-state index contributed by atoms with van der Waals surface area (Å²) in [7, 11) is 0. The average Bonchev–Trinajstić information content (AvgIpc) is 2.84. The zero-order chi connectivity index (χ0) is 13.8. The number of benzene rings is 1. The smallest absolute Gasteiger partial charge is 0.0468 e. The van der Waals surface area contributed by atoms with Crippen LogP contribution in [-0.4, -0.2) is 30.6 Å². The third-order valence-corrected chi connectivity index (χ3v) is 4.43. The minimum Gasteiger partial charge on any atom is -0.313 e. The molecule has 0 aromatic heterocycles. The minimum absolute atomic E-state index is 0.346. The highest BCUT2D eigenvalue weighted by Gasteiger charge is 2.27. The number of hydrogen-bond acceptors (Lipinski definition) is 2. The molecule has 0 saturated carbocycles. The molecule has 19 heavy (non-hydrogen) atoms. The lowest BCUT2D eigenvalue weighted by atomic mass is 10.1. The Morgan fingerprint density at radius 3 is 2.89 bits per heavy atom. The number of halogens is 2. The van der Waals surface area contributed by atoms with Gasteiger partial charge in [-0.3, -0.25) is 4.90 Å². The van der Waals surface area contributed by atoms with Gasteiger partial charge in [0.2, 0.25) is 0 Å². The predicted molar refractivity (Wildman–Crippen MR) is 83.1 cm³/mol. The number of rotatable bonds is 5. The van der Waals surface area contributed by atoms with Crippen molar-refractivity contribution in [2.45, 2.75) is 38.8 Å². The summed E-state index contributed by atoms with van der Waals surface area (Å²) in [6.07, 6.45) is 2.41. The average molecular weight is 301 g/mol. The lowest BCUT2D eigenvalue weighted by molar-refractivity contribution is 0.256. The zero-order valence-corrected chi connectivity index (χ0v) is 13.1. The molecule has 0 bridgehead atoms. The minimum atomic E-state index is 0.346. The summed E-state index contributed by atoms with van der Waals surface area (Å²) in [6, 6.07) is 6.76. The molecular weight excluding hydrogens is 279 g/mol. The van der Waals surface area contributed by atoms with Gasteiger partial charge in [-0.2, -0.15) is 0 Å². The van der Waals surface area contributed by atoms with Crippen molar-refractivity contribution in [3.05, 3.63) is 33.8 Å². The standard InChI is InChI=1S/C15H22Cl2N2/c1-3-7-18-13-6-8-19(10-13)11(2)14-5-4-12(16)9-15(14)17/h4-5,9,11,13,18H,3,6-8,10H2,1-2H3. The van der Waals surface area contributed by atoms with Crippen LogP contribution in [-0.2, 0) is 0 Å². The molecule has 0 radical (unpaired) electrons. The normalized spacial score (nSPS) is 21.8. The highest BCUT2D eigenvalue weighted by atomic mass is 35.5. The second kappa shape index (κ2) is 6.94. The van der Waals surface area contributed by atoms with E-state index in [1.54, 1.807) is 0 Å². The van der Waals surface area contributed by atoms with Crippen LogP contribution < -0.4 is 5.32 Å². The van der Waals surface area contributed by atoms with E-state index >= 15 is 0 Å². The van der Waals surface area contributed by atoms with Crippen LogP contribution in [0.2, 0.25) is 10.0 Å². The first-order chi connectivity index (χ1) is 9.11. The lowest BCUT2D eigenvalue weighted by Crippen LogP contribution is -2.33. The van der Waals surface area contributed by atoms with E-state index in [9.17, 15) is 0 Å². The molecule has 2 rings (SSSR count). The van der Waals surface area contributed by atoms with Crippen molar-refractivity contribution in [3.63, 3.8) is 0 Å². The van der Waals surface area contributed by atoms with Crippen LogP contribution in [0.25, 0.3) is 0 Å². The maximum atomic E-state index is 6.30. The summed E-state index contributed by atoms with van der Waals surface area (Å²) in [4.78, 5) is 2.49. The molecule has 0 amide bonds. The van der Waals surface area contributed by atoms with Gasteiger partial charge >= 0.3 is 0 Å². The van der Waals surface area contributed by atoms with E-state index in [-0.39, 0.29) is 0 Å². The molecule has 1 saturated heterocycles. The van der Waals surface area contributed by atoms with Crippen molar-refractivity contribution in [2.24, 2.45) is 0 Å². The summed E-state index contributed by atoms with van der Waals surface area (Å²) in [5, 5.41) is 5.06. The van der Waals surface area contributed by atoms with E-state index in [2.05, 4.69) is 24.1 Å². The van der Waals surface area contributed by atoms with Crippen LogP contribution in [0.4, 0.5) is 0 Å². The van der Waals surface area contributed by atoms with Gasteiger partial charge in [-0.05, 0) is 44.0 Å². The van der Waals surface area contributed by atoms with Gasteiger partial charge < -0.3 is 5.32 Å². The number of nitrogens with one attached hydrogen (secondary N) is 1. The van der Waals surface area contributed by atoms with Gasteiger partial charge in [-0.15, -0.1) is 0 Å². The van der Waals surface area contributed by atoms with Crippen LogP contribution in [0.5, 0.6) is 0 Å². The van der Waals surface area contributed by atoms with Gasteiger partial charge in [0.1, 0.15) is 0 Å². The molecule has 1 aliphatic heterocycles. The molecular formula is C15H22Cl2N2. The molecule has 2 atom stereocenters. The summed E-state index contributed by atoms with van der Waals surface area (Å²) in [6.45, 7) is 7.75. The van der Waals surface area contributed by atoms with Crippen molar-refractivity contribution >= 4 is 23.2 Å². The molecule has 1 aromatic carbocycles. The van der Waals surface area contributed by atoms with Crippen LogP contribution in [0.1, 0.15) is 38.3 Å². The van der Waals surface area contributed by atoms with E-state index in [0.29, 0.717) is 17.1 Å². The Morgan fingerprint density at radius 1 is 1.42 bits per heavy atom. The second-order valence-corrected chi connectivity index (χ2v) is 6.12. The molecule has 2 nitrogen and oxygen atoms in total. The molecule has 0 aliphatic carbocycles. The van der Waals surface area contributed by atoms with E-state index in [4.69, 9.17) is 23.2 Å². The molecule has 2 unspecified atom stereocenters. The fourth-order valence-corrected chi connectivity index (χ4v) is 3.26. The van der Waals surface area contributed by atoms with Crippen LogP contribution >= 0.6 is 23.2 Å². The van der Waals surface area contributed by atoms with Gasteiger partial charge in [0.25, 0.3) is 0 Å². The zero-order valence-electron chi connectivity index (χ0n) is 11.6. The largest absolute Gasteiger partial charge is 0.313 e. The third-order valence-electron chi connectivity index (χ3n) is 3.86. The second-order valence-electron chi connectivity index (χ2n) is 5.28. The molecule has 0 spiro atoms. The topological polar surface area (TPSA) is 15.3 Å². The van der Waals surface area contributed by atoms with E-state index < -0.39 is 0 Å². The molecule has 1 heterocycles. The molecule has 4 heteroatoms. The summed E-state index contributed by atoms with van der Waals surface area (Å²) in [5.41, 5.74) is 1.17. The Labute approximate surface area is 126 Å². The van der Waals surface area contributed by atoms with Crippen molar-refractivity contribution in [1.29, 1.82) is 0 Å².